The fourth-order valence-electron chi connectivity index (χ4n) is 2.33. The maximum absolute atomic E-state index is 12.4. The average molecular weight is 396 g/mol. The number of rotatable bonds is 1. The van der Waals surface area contributed by atoms with Crippen molar-refractivity contribution in [2.24, 2.45) is 0 Å². The molecule has 1 radical (unpaired) electrons. The minimum absolute atomic E-state index is 0. The van der Waals surface area contributed by atoms with Crippen molar-refractivity contribution in [3.05, 3.63) is 64.7 Å². The van der Waals surface area contributed by atoms with E-state index in [4.69, 9.17) is 0 Å². The first-order valence-electron chi connectivity index (χ1n) is 5.70. The fourth-order valence-corrected chi connectivity index (χ4v) is 3.04. The number of carbonyl (C=O) groups excluding carboxylic acids is 2. The van der Waals surface area contributed by atoms with E-state index in [0.29, 0.717) is 0 Å². The van der Waals surface area contributed by atoms with Gasteiger partial charge in [-0.05, 0) is 6.07 Å². The van der Waals surface area contributed by atoms with Crippen molar-refractivity contribution >= 4 is 21.7 Å². The van der Waals surface area contributed by atoms with Crippen molar-refractivity contribution in [3.63, 3.8) is 0 Å². The predicted molar refractivity (Wildman–Crippen MR) is 69.6 cm³/mol. The van der Waals surface area contributed by atoms with Crippen LogP contribution < -0.4 is 0 Å². The van der Waals surface area contributed by atoms with Crippen molar-refractivity contribution in [3.8, 4) is 0 Å². The zero-order valence-corrected chi connectivity index (χ0v) is 12.6. The molecule has 0 unspecified atom stereocenters. The molecule has 0 saturated heterocycles. The Kier molecular flexibility index (Phi) is 4.01. The number of ketones is 2. The third-order valence-electron chi connectivity index (χ3n) is 3.19. The molecule has 5 nitrogen and oxygen atoms in total. The van der Waals surface area contributed by atoms with Crippen molar-refractivity contribution in [2.75, 3.05) is 0 Å². The first-order valence-corrected chi connectivity index (χ1v) is 7.14. The molecule has 2 aromatic rings. The third kappa shape index (κ3) is 2.41. The van der Waals surface area contributed by atoms with Crippen molar-refractivity contribution in [1.82, 2.24) is 0 Å². The van der Waals surface area contributed by atoms with Crippen LogP contribution in [0.3, 0.4) is 0 Å². The van der Waals surface area contributed by atoms with Crippen LogP contribution in [0.15, 0.2) is 47.4 Å². The first kappa shape index (κ1) is 15.8. The summed E-state index contributed by atoms with van der Waals surface area (Å²) in [5.41, 5.74) is 0.0983. The standard InChI is InChI=1S/C14H8O5S.Ag/c15-13-8-4-1-2-5-9(8)14(16)12-10(13)6-3-7-11(12)20(17,18)19;/h1-7H,(H,17,18,19);. The van der Waals surface area contributed by atoms with Gasteiger partial charge in [0, 0.05) is 39.1 Å². The van der Waals surface area contributed by atoms with Crippen molar-refractivity contribution < 1.29 is 44.9 Å². The molecule has 7 heteroatoms. The largest absolute Gasteiger partial charge is 0.295 e. The number of benzene rings is 2. The maximum Gasteiger partial charge on any atom is 0.295 e. The minimum Gasteiger partial charge on any atom is -0.289 e. The van der Waals surface area contributed by atoms with Crippen LogP contribution in [-0.2, 0) is 32.5 Å². The molecule has 21 heavy (non-hydrogen) atoms. The van der Waals surface area contributed by atoms with E-state index in [0.717, 1.165) is 6.07 Å². The van der Waals surface area contributed by atoms with Crippen LogP contribution in [0.4, 0.5) is 0 Å². The molecule has 0 saturated carbocycles. The maximum atomic E-state index is 12.4. The number of fused-ring (bicyclic) bond motifs is 2. The second-order valence-electron chi connectivity index (χ2n) is 4.36. The van der Waals surface area contributed by atoms with Gasteiger partial charge in [0.2, 0.25) is 0 Å². The van der Waals surface area contributed by atoms with Gasteiger partial charge >= 0.3 is 0 Å². The van der Waals surface area contributed by atoms with E-state index in [2.05, 4.69) is 0 Å². The Morgan fingerprint density at radius 2 is 1.29 bits per heavy atom. The normalized spacial score (nSPS) is 13.2. The summed E-state index contributed by atoms with van der Waals surface area (Å²) in [6.45, 7) is 0. The van der Waals surface area contributed by atoms with Crippen LogP contribution in [0.2, 0.25) is 0 Å². The van der Waals surface area contributed by atoms with Crippen LogP contribution >= 0.6 is 0 Å². The molecular weight excluding hydrogens is 388 g/mol. The number of hydrogen-bond acceptors (Lipinski definition) is 4. The molecule has 1 aliphatic carbocycles. The summed E-state index contributed by atoms with van der Waals surface area (Å²) in [5.74, 6) is -1.01. The summed E-state index contributed by atoms with van der Waals surface area (Å²) in [7, 11) is -4.58. The van der Waals surface area contributed by atoms with Crippen LogP contribution in [0.5, 0.6) is 0 Å². The average Bonchev–Trinajstić information content (AvgIpc) is 2.43. The summed E-state index contributed by atoms with van der Waals surface area (Å²) in [5, 5.41) is 0. The monoisotopic (exact) mass is 395 g/mol. The molecule has 0 fully saturated rings. The fraction of sp³-hybridized carbons (Fsp3) is 0. The van der Waals surface area contributed by atoms with Crippen LogP contribution in [0, 0.1) is 0 Å². The molecule has 0 heterocycles. The van der Waals surface area contributed by atoms with Gasteiger partial charge in [0.05, 0.1) is 5.56 Å². The molecule has 3 rings (SSSR count). The second kappa shape index (κ2) is 5.32. The summed E-state index contributed by atoms with van der Waals surface area (Å²) in [6.07, 6.45) is 0. The molecule has 0 bridgehead atoms. The smallest absolute Gasteiger partial charge is 0.289 e. The summed E-state index contributed by atoms with van der Waals surface area (Å²) < 4.78 is 31.9. The molecule has 2 aromatic carbocycles. The Hall–Kier alpha value is -1.57. The van der Waals surface area contributed by atoms with Crippen molar-refractivity contribution in [1.29, 1.82) is 0 Å². The Bertz CT molecular complexity index is 871. The first-order chi connectivity index (χ1) is 9.41. The summed E-state index contributed by atoms with van der Waals surface area (Å²) in [4.78, 5) is 24.2. The van der Waals surface area contributed by atoms with E-state index in [9.17, 15) is 22.6 Å². The number of carbonyl (C=O) groups is 2. The van der Waals surface area contributed by atoms with E-state index < -0.39 is 26.6 Å². The quantitative estimate of drug-likeness (QED) is 0.500. The molecule has 1 aliphatic rings. The molecule has 0 aromatic heterocycles. The Morgan fingerprint density at radius 3 is 1.86 bits per heavy atom. The zero-order chi connectivity index (χ0) is 14.5. The SMILES string of the molecule is O=C1c2ccccc2C(=O)c2c1cccc2S(=O)(=O)O.[Ag]. The molecule has 0 atom stereocenters. The minimum atomic E-state index is -4.58. The van der Waals surface area contributed by atoms with Crippen LogP contribution in [-0.4, -0.2) is 24.5 Å². The second-order valence-corrected chi connectivity index (χ2v) is 5.75. The van der Waals surface area contributed by atoms with Gasteiger partial charge in [0.25, 0.3) is 10.1 Å². The molecule has 0 aliphatic heterocycles. The van der Waals surface area contributed by atoms with Gasteiger partial charge in [0.1, 0.15) is 4.90 Å². The van der Waals surface area contributed by atoms with Gasteiger partial charge in [-0.3, -0.25) is 14.1 Å². The molecular formula is C14H8AgO5S. The Balaban J connectivity index is 0.00000161. The van der Waals surface area contributed by atoms with Gasteiger partial charge in [-0.1, -0.05) is 36.4 Å². The van der Waals surface area contributed by atoms with Gasteiger partial charge in [-0.2, -0.15) is 8.42 Å². The van der Waals surface area contributed by atoms with E-state index in [1.807, 2.05) is 0 Å². The molecule has 0 spiro atoms. The van der Waals surface area contributed by atoms with Gasteiger partial charge < -0.3 is 0 Å². The van der Waals surface area contributed by atoms with Gasteiger partial charge in [-0.15, -0.1) is 0 Å². The van der Waals surface area contributed by atoms with Crippen LogP contribution in [0.1, 0.15) is 31.8 Å². The number of hydrogen-bond donors (Lipinski definition) is 1. The Labute approximate surface area is 136 Å². The predicted octanol–water partition coefficient (Wildman–Crippen LogP) is 1.71. The Morgan fingerprint density at radius 1 is 0.762 bits per heavy atom. The summed E-state index contributed by atoms with van der Waals surface area (Å²) >= 11 is 0. The van der Waals surface area contributed by atoms with Gasteiger partial charge in [-0.25, -0.2) is 0 Å². The van der Waals surface area contributed by atoms with E-state index >= 15 is 0 Å². The zero-order valence-electron chi connectivity index (χ0n) is 10.3. The molecule has 1 N–H and O–H groups in total. The van der Waals surface area contributed by atoms with E-state index in [1.54, 1.807) is 12.1 Å². The van der Waals surface area contributed by atoms with Gasteiger partial charge in [0.15, 0.2) is 11.6 Å². The summed E-state index contributed by atoms with van der Waals surface area (Å²) in [6, 6.07) is 9.99. The molecule has 111 valence electrons. The van der Waals surface area contributed by atoms with E-state index in [-0.39, 0.29) is 44.6 Å². The topological polar surface area (TPSA) is 88.5 Å². The molecule has 0 amide bonds. The van der Waals surface area contributed by atoms with Crippen molar-refractivity contribution in [2.45, 2.75) is 4.90 Å². The van der Waals surface area contributed by atoms with E-state index in [1.165, 1.54) is 24.3 Å². The van der Waals surface area contributed by atoms with Crippen LogP contribution in [0.25, 0.3) is 0 Å². The third-order valence-corrected chi connectivity index (χ3v) is 4.09.